The Morgan fingerprint density at radius 2 is 1.69 bits per heavy atom. The molecule has 192 valence electrons. The van der Waals surface area contributed by atoms with Crippen molar-refractivity contribution in [2.75, 3.05) is 11.4 Å². The maximum atomic E-state index is 12.5. The maximum absolute atomic E-state index is 12.5. The highest BCUT2D eigenvalue weighted by molar-refractivity contribution is 5.72. The summed E-state index contributed by atoms with van der Waals surface area (Å²) in [6.07, 6.45) is -0.752. The highest BCUT2D eigenvalue weighted by Gasteiger charge is 2.31. The molecule has 0 saturated carbocycles. The molecule has 3 aromatic rings. The van der Waals surface area contributed by atoms with Crippen LogP contribution in [0.1, 0.15) is 36.1 Å². The second-order valence-corrected chi connectivity index (χ2v) is 8.31. The zero-order valence-corrected chi connectivity index (χ0v) is 20.2. The van der Waals surface area contributed by atoms with Crippen molar-refractivity contribution in [3.8, 4) is 11.5 Å². The zero-order valence-electron chi connectivity index (χ0n) is 20.2. The van der Waals surface area contributed by atoms with Crippen LogP contribution in [0.2, 0.25) is 0 Å². The fourth-order valence-corrected chi connectivity index (χ4v) is 3.46. The lowest BCUT2D eigenvalue weighted by atomic mass is 10.1. The van der Waals surface area contributed by atoms with Gasteiger partial charge < -0.3 is 19.5 Å². The molecule has 1 heterocycles. The molecule has 0 radical (unpaired) electrons. The summed E-state index contributed by atoms with van der Waals surface area (Å²) in [5.41, 5.74) is 3.59. The Morgan fingerprint density at radius 3 is 2.25 bits per heavy atom. The third-order valence-corrected chi connectivity index (χ3v) is 5.47. The summed E-state index contributed by atoms with van der Waals surface area (Å²) in [7, 11) is 0. The molecule has 1 atom stereocenters. The summed E-state index contributed by atoms with van der Waals surface area (Å²) in [5.74, 6) is -0.308. The van der Waals surface area contributed by atoms with E-state index in [1.54, 1.807) is 30.6 Å². The smallest absolute Gasteiger partial charge is 0.479 e. The van der Waals surface area contributed by atoms with E-state index in [-0.39, 0.29) is 5.75 Å². The third kappa shape index (κ3) is 7.86. The zero-order chi connectivity index (χ0) is 26.3. The van der Waals surface area contributed by atoms with Gasteiger partial charge >= 0.3 is 12.3 Å². The molecular weight excluding hydrogens is 475 g/mol. The third-order valence-electron chi connectivity index (χ3n) is 5.47. The van der Waals surface area contributed by atoms with Gasteiger partial charge in [-0.15, -0.1) is 13.2 Å². The number of rotatable bonds is 11. The number of aliphatic carboxylic acids is 1. The van der Waals surface area contributed by atoms with Crippen LogP contribution in [-0.2, 0) is 24.2 Å². The Labute approximate surface area is 207 Å². The van der Waals surface area contributed by atoms with E-state index in [0.717, 1.165) is 28.7 Å². The van der Waals surface area contributed by atoms with E-state index in [2.05, 4.69) is 14.7 Å². The number of nitrogens with zero attached hydrogens (tertiary/aromatic N) is 3. The van der Waals surface area contributed by atoms with Crippen molar-refractivity contribution in [1.82, 2.24) is 9.97 Å². The number of hydrogen-bond donors (Lipinski definition) is 1. The van der Waals surface area contributed by atoms with E-state index >= 15 is 0 Å². The lowest BCUT2D eigenvalue weighted by Gasteiger charge is -2.23. The van der Waals surface area contributed by atoms with Crippen molar-refractivity contribution in [1.29, 1.82) is 0 Å². The number of carboxylic acid groups (broad SMARTS) is 1. The molecule has 1 unspecified atom stereocenters. The summed E-state index contributed by atoms with van der Waals surface area (Å²) in [6, 6.07) is 11.3. The summed E-state index contributed by atoms with van der Waals surface area (Å²) < 4.78 is 46.8. The summed E-state index contributed by atoms with van der Waals surface area (Å²) >= 11 is 0. The standard InChI is InChI=1S/C26H28F3N3O4/c1-4-19-14-30-25(31-15-19)32(16-21-5-8-22(9-6-21)36-26(27,28)29)12-11-20-7-10-23(17(2)13-20)35-18(3)24(33)34/h5-10,13-15,18H,4,11-12,16H2,1-3H3,(H,33,34). The summed E-state index contributed by atoms with van der Waals surface area (Å²) in [6.45, 7) is 6.25. The first-order valence-corrected chi connectivity index (χ1v) is 11.4. The molecule has 3 rings (SSSR count). The van der Waals surface area contributed by atoms with E-state index in [4.69, 9.17) is 9.84 Å². The van der Waals surface area contributed by atoms with Gasteiger partial charge in [0.25, 0.3) is 0 Å². The van der Waals surface area contributed by atoms with Crippen LogP contribution in [-0.4, -0.2) is 40.1 Å². The van der Waals surface area contributed by atoms with Crippen molar-refractivity contribution in [3.05, 3.63) is 77.1 Å². The van der Waals surface area contributed by atoms with Gasteiger partial charge in [0.1, 0.15) is 11.5 Å². The average molecular weight is 504 g/mol. The highest BCUT2D eigenvalue weighted by atomic mass is 19.4. The number of carboxylic acids is 1. The topological polar surface area (TPSA) is 84.8 Å². The number of carbonyl (C=O) groups is 1. The first kappa shape index (κ1) is 26.8. The molecular formula is C26H28F3N3O4. The van der Waals surface area contributed by atoms with Crippen LogP contribution >= 0.6 is 0 Å². The van der Waals surface area contributed by atoms with Crippen molar-refractivity contribution in [2.45, 2.75) is 52.6 Å². The first-order chi connectivity index (χ1) is 17.0. The van der Waals surface area contributed by atoms with Gasteiger partial charge in [0.15, 0.2) is 6.10 Å². The highest BCUT2D eigenvalue weighted by Crippen LogP contribution is 2.24. The van der Waals surface area contributed by atoms with Crippen LogP contribution in [0.25, 0.3) is 0 Å². The van der Waals surface area contributed by atoms with Crippen molar-refractivity contribution in [3.63, 3.8) is 0 Å². The van der Waals surface area contributed by atoms with Crippen molar-refractivity contribution >= 4 is 11.9 Å². The Kier molecular flexibility index (Phi) is 8.73. The van der Waals surface area contributed by atoms with Crippen LogP contribution in [0.15, 0.2) is 54.9 Å². The monoisotopic (exact) mass is 503 g/mol. The van der Waals surface area contributed by atoms with E-state index < -0.39 is 18.4 Å². The van der Waals surface area contributed by atoms with Crippen LogP contribution in [0.5, 0.6) is 11.5 Å². The second-order valence-electron chi connectivity index (χ2n) is 8.31. The number of ether oxygens (including phenoxy) is 2. The van der Waals surface area contributed by atoms with Gasteiger partial charge in [-0.1, -0.05) is 31.2 Å². The lowest BCUT2D eigenvalue weighted by Crippen LogP contribution is -2.27. The Bertz CT molecular complexity index is 1150. The minimum Gasteiger partial charge on any atom is -0.479 e. The van der Waals surface area contributed by atoms with E-state index in [9.17, 15) is 18.0 Å². The van der Waals surface area contributed by atoms with E-state index in [1.807, 2.05) is 30.9 Å². The van der Waals surface area contributed by atoms with Gasteiger partial charge in [-0.05, 0) is 67.1 Å². The fraction of sp³-hybridized carbons (Fsp3) is 0.346. The maximum Gasteiger partial charge on any atom is 0.573 e. The molecule has 0 amide bonds. The molecule has 2 aromatic carbocycles. The average Bonchev–Trinajstić information content (AvgIpc) is 2.83. The van der Waals surface area contributed by atoms with Gasteiger partial charge in [-0.2, -0.15) is 0 Å². The first-order valence-electron chi connectivity index (χ1n) is 11.4. The molecule has 0 bridgehead atoms. The number of halogens is 3. The Balaban J connectivity index is 1.74. The van der Waals surface area contributed by atoms with Crippen LogP contribution in [0.4, 0.5) is 19.1 Å². The number of aromatic nitrogens is 2. The molecule has 0 saturated heterocycles. The summed E-state index contributed by atoms with van der Waals surface area (Å²) in [4.78, 5) is 22.0. The number of aryl methyl sites for hydroxylation is 2. The molecule has 0 spiro atoms. The van der Waals surface area contributed by atoms with Gasteiger partial charge in [0.2, 0.25) is 5.95 Å². The molecule has 0 aliphatic carbocycles. The Morgan fingerprint density at radius 1 is 1.06 bits per heavy atom. The van der Waals surface area contributed by atoms with Gasteiger partial charge in [-0.3, -0.25) is 0 Å². The number of anilines is 1. The minimum absolute atomic E-state index is 0.281. The van der Waals surface area contributed by atoms with Crippen molar-refractivity contribution < 1.29 is 32.5 Å². The number of hydrogen-bond acceptors (Lipinski definition) is 6. The van der Waals surface area contributed by atoms with Crippen molar-refractivity contribution in [2.24, 2.45) is 0 Å². The molecule has 36 heavy (non-hydrogen) atoms. The molecule has 0 aliphatic rings. The summed E-state index contributed by atoms with van der Waals surface area (Å²) in [5, 5.41) is 9.06. The normalized spacial score (nSPS) is 12.2. The lowest BCUT2D eigenvalue weighted by molar-refractivity contribution is -0.274. The molecule has 0 fully saturated rings. The minimum atomic E-state index is -4.74. The SMILES string of the molecule is CCc1cnc(N(CCc2ccc(OC(C)C(=O)O)c(C)c2)Cc2ccc(OC(F)(F)F)cc2)nc1. The molecule has 1 aromatic heterocycles. The van der Waals surface area contributed by atoms with E-state index in [0.29, 0.717) is 31.2 Å². The van der Waals surface area contributed by atoms with E-state index in [1.165, 1.54) is 19.1 Å². The van der Waals surface area contributed by atoms with Crippen LogP contribution in [0, 0.1) is 6.92 Å². The van der Waals surface area contributed by atoms with Gasteiger partial charge in [0, 0.05) is 25.5 Å². The van der Waals surface area contributed by atoms with Crippen LogP contribution < -0.4 is 14.4 Å². The quantitative estimate of drug-likeness (QED) is 0.378. The van der Waals surface area contributed by atoms with Gasteiger partial charge in [-0.25, -0.2) is 14.8 Å². The molecule has 7 nitrogen and oxygen atoms in total. The number of alkyl halides is 3. The van der Waals surface area contributed by atoms with Gasteiger partial charge in [0.05, 0.1) is 0 Å². The molecule has 0 aliphatic heterocycles. The fourth-order valence-electron chi connectivity index (χ4n) is 3.46. The largest absolute Gasteiger partial charge is 0.573 e. The molecule has 1 N–H and O–H groups in total. The van der Waals surface area contributed by atoms with Crippen LogP contribution in [0.3, 0.4) is 0 Å². The Hall–Kier alpha value is -3.82. The number of benzene rings is 2. The second kappa shape index (κ2) is 11.7. The predicted molar refractivity (Wildman–Crippen MR) is 128 cm³/mol. The molecule has 10 heteroatoms. The predicted octanol–water partition coefficient (Wildman–Crippen LogP) is 5.35.